The molecule has 2 aromatic rings. The van der Waals surface area contributed by atoms with E-state index in [1.54, 1.807) is 0 Å². The summed E-state index contributed by atoms with van der Waals surface area (Å²) in [4.78, 5) is 5.14. The monoisotopic (exact) mass is 230 g/mol. The molecule has 3 heteroatoms. The quantitative estimate of drug-likeness (QED) is 0.796. The van der Waals surface area contributed by atoms with Crippen molar-refractivity contribution in [3.8, 4) is 11.1 Å². The van der Waals surface area contributed by atoms with Crippen LogP contribution in [0.25, 0.3) is 11.1 Å². The smallest absolute Gasteiger partial charge is 0.0484 e. The summed E-state index contributed by atoms with van der Waals surface area (Å²) < 4.78 is 0.872. The van der Waals surface area contributed by atoms with Gasteiger partial charge in [-0.25, -0.2) is 0 Å². The van der Waals surface area contributed by atoms with Crippen LogP contribution >= 0.6 is 12.2 Å². The summed E-state index contributed by atoms with van der Waals surface area (Å²) in [5.74, 6) is 0. The molecular weight excluding hydrogens is 216 g/mol. The average Bonchev–Trinajstić information content (AvgIpc) is 2.30. The molecule has 0 saturated heterocycles. The summed E-state index contributed by atoms with van der Waals surface area (Å²) in [6, 6.07) is 10.3. The van der Waals surface area contributed by atoms with E-state index in [0.29, 0.717) is 0 Å². The van der Waals surface area contributed by atoms with E-state index < -0.39 is 0 Å². The van der Waals surface area contributed by atoms with Gasteiger partial charge in [-0.1, -0.05) is 24.4 Å². The van der Waals surface area contributed by atoms with E-state index in [9.17, 15) is 0 Å². The molecular formula is C13H14N2S. The summed E-state index contributed by atoms with van der Waals surface area (Å²) in [5, 5.41) is 0. The lowest BCUT2D eigenvalue weighted by Gasteiger charge is -2.12. The third-order valence-corrected chi connectivity index (χ3v) is 2.87. The molecule has 0 bridgehead atoms. The zero-order chi connectivity index (χ0) is 11.5. The molecule has 0 spiro atoms. The first-order valence-corrected chi connectivity index (χ1v) is 5.54. The first kappa shape index (κ1) is 10.9. The molecule has 0 atom stereocenters. The van der Waals surface area contributed by atoms with Gasteiger partial charge in [0, 0.05) is 42.2 Å². The number of H-pyrrole nitrogens is 1. The van der Waals surface area contributed by atoms with Crippen LogP contribution in [-0.4, -0.2) is 19.1 Å². The molecule has 0 radical (unpaired) electrons. The van der Waals surface area contributed by atoms with Gasteiger partial charge in [0.2, 0.25) is 0 Å². The number of hydrogen-bond acceptors (Lipinski definition) is 2. The number of aromatic nitrogens is 1. The predicted molar refractivity (Wildman–Crippen MR) is 71.4 cm³/mol. The molecule has 1 heterocycles. The molecule has 0 aliphatic heterocycles. The fraction of sp³-hybridized carbons (Fsp3) is 0.154. The van der Waals surface area contributed by atoms with E-state index >= 15 is 0 Å². The van der Waals surface area contributed by atoms with E-state index in [2.05, 4.69) is 34.1 Å². The average molecular weight is 230 g/mol. The first-order valence-electron chi connectivity index (χ1n) is 5.13. The number of nitrogens with zero attached hydrogens (tertiary/aromatic N) is 1. The number of pyridine rings is 1. The lowest BCUT2D eigenvalue weighted by molar-refractivity contribution is 1.13. The topological polar surface area (TPSA) is 19.0 Å². The number of anilines is 1. The first-order chi connectivity index (χ1) is 7.68. The van der Waals surface area contributed by atoms with Crippen LogP contribution in [0.2, 0.25) is 0 Å². The normalized spacial score (nSPS) is 10.1. The minimum absolute atomic E-state index is 0.872. The molecule has 0 fully saturated rings. The highest BCUT2D eigenvalue weighted by atomic mass is 32.1. The molecule has 16 heavy (non-hydrogen) atoms. The molecule has 0 unspecified atom stereocenters. The number of hydrogen-bond donors (Lipinski definition) is 1. The summed E-state index contributed by atoms with van der Waals surface area (Å²) in [7, 11) is 4.06. The van der Waals surface area contributed by atoms with Gasteiger partial charge in [-0.2, -0.15) is 0 Å². The summed E-state index contributed by atoms with van der Waals surface area (Å²) in [6.07, 6.45) is 3.78. The SMILES string of the molecule is CN(C)c1ccc(-c2c[nH]ccc2=S)cc1. The van der Waals surface area contributed by atoms with Gasteiger partial charge >= 0.3 is 0 Å². The molecule has 0 saturated carbocycles. The Balaban J connectivity index is 2.43. The highest BCUT2D eigenvalue weighted by Gasteiger charge is 2.00. The minimum atomic E-state index is 0.872. The molecule has 0 aliphatic carbocycles. The predicted octanol–water partition coefficient (Wildman–Crippen LogP) is 3.48. The second-order valence-corrected chi connectivity index (χ2v) is 4.30. The fourth-order valence-corrected chi connectivity index (χ4v) is 1.83. The van der Waals surface area contributed by atoms with Crippen LogP contribution in [0.5, 0.6) is 0 Å². The van der Waals surface area contributed by atoms with Gasteiger partial charge in [0.05, 0.1) is 0 Å². The van der Waals surface area contributed by atoms with Crippen LogP contribution in [0.15, 0.2) is 42.7 Å². The van der Waals surface area contributed by atoms with E-state index in [-0.39, 0.29) is 0 Å². The molecule has 2 nitrogen and oxygen atoms in total. The van der Waals surface area contributed by atoms with Crippen LogP contribution in [-0.2, 0) is 0 Å². The Labute approximate surface area is 101 Å². The van der Waals surface area contributed by atoms with Crippen LogP contribution < -0.4 is 4.90 Å². The highest BCUT2D eigenvalue weighted by Crippen LogP contribution is 2.22. The lowest BCUT2D eigenvalue weighted by Crippen LogP contribution is -2.07. The van der Waals surface area contributed by atoms with Crippen molar-refractivity contribution in [3.63, 3.8) is 0 Å². The van der Waals surface area contributed by atoms with Crippen LogP contribution in [0.4, 0.5) is 5.69 Å². The van der Waals surface area contributed by atoms with Crippen molar-refractivity contribution < 1.29 is 0 Å². The van der Waals surface area contributed by atoms with Crippen molar-refractivity contribution in [2.45, 2.75) is 0 Å². The van der Waals surface area contributed by atoms with Gasteiger partial charge in [0.15, 0.2) is 0 Å². The molecule has 1 aromatic heterocycles. The second-order valence-electron chi connectivity index (χ2n) is 3.86. The third-order valence-electron chi connectivity index (χ3n) is 2.52. The fourth-order valence-electron chi connectivity index (χ4n) is 1.58. The van der Waals surface area contributed by atoms with Crippen molar-refractivity contribution in [2.24, 2.45) is 0 Å². The van der Waals surface area contributed by atoms with Gasteiger partial charge in [0.1, 0.15) is 0 Å². The molecule has 0 aliphatic rings. The molecule has 1 aromatic carbocycles. The van der Waals surface area contributed by atoms with Crippen molar-refractivity contribution in [1.82, 2.24) is 4.98 Å². The third kappa shape index (κ3) is 2.14. The maximum Gasteiger partial charge on any atom is 0.0484 e. The van der Waals surface area contributed by atoms with Crippen LogP contribution in [0.1, 0.15) is 0 Å². The highest BCUT2D eigenvalue weighted by molar-refractivity contribution is 7.71. The molecule has 0 amide bonds. The number of nitrogens with one attached hydrogen (secondary N) is 1. The standard InChI is InChI=1S/C13H14N2S/c1-15(2)11-5-3-10(4-6-11)12-9-14-8-7-13(12)16/h3-9H,1-2H3,(H,14,16). The maximum atomic E-state index is 5.29. The van der Waals surface area contributed by atoms with Gasteiger partial charge in [-0.05, 0) is 23.8 Å². The zero-order valence-corrected chi connectivity index (χ0v) is 10.2. The van der Waals surface area contributed by atoms with Gasteiger partial charge in [-0.3, -0.25) is 0 Å². The minimum Gasteiger partial charge on any atom is -0.378 e. The van der Waals surface area contributed by atoms with Gasteiger partial charge in [0.25, 0.3) is 0 Å². The Morgan fingerprint density at radius 2 is 1.75 bits per heavy atom. The van der Waals surface area contributed by atoms with Crippen molar-refractivity contribution in [1.29, 1.82) is 0 Å². The molecule has 82 valence electrons. The summed E-state index contributed by atoms with van der Waals surface area (Å²) in [6.45, 7) is 0. The zero-order valence-electron chi connectivity index (χ0n) is 9.40. The van der Waals surface area contributed by atoms with E-state index in [0.717, 1.165) is 15.6 Å². The number of aromatic amines is 1. The number of benzene rings is 1. The van der Waals surface area contributed by atoms with Crippen molar-refractivity contribution in [3.05, 3.63) is 47.2 Å². The van der Waals surface area contributed by atoms with E-state index in [4.69, 9.17) is 12.2 Å². The Morgan fingerprint density at radius 1 is 1.06 bits per heavy atom. The lowest BCUT2D eigenvalue weighted by atomic mass is 10.1. The summed E-state index contributed by atoms with van der Waals surface area (Å²) in [5.41, 5.74) is 3.41. The Morgan fingerprint density at radius 3 is 2.31 bits per heavy atom. The maximum absolute atomic E-state index is 5.29. The Bertz CT molecular complexity index is 526. The molecule has 1 N–H and O–H groups in total. The van der Waals surface area contributed by atoms with E-state index in [1.807, 2.05) is 32.6 Å². The van der Waals surface area contributed by atoms with E-state index in [1.165, 1.54) is 5.69 Å². The Kier molecular flexibility index (Phi) is 3.06. The van der Waals surface area contributed by atoms with Gasteiger partial charge < -0.3 is 9.88 Å². The summed E-state index contributed by atoms with van der Waals surface area (Å²) >= 11 is 5.29. The second kappa shape index (κ2) is 4.49. The van der Waals surface area contributed by atoms with Crippen molar-refractivity contribution in [2.75, 3.05) is 19.0 Å². The number of rotatable bonds is 2. The molecule has 2 rings (SSSR count). The van der Waals surface area contributed by atoms with Gasteiger partial charge in [-0.15, -0.1) is 0 Å². The van der Waals surface area contributed by atoms with Crippen LogP contribution in [0.3, 0.4) is 0 Å². The Hall–Kier alpha value is -1.61. The van der Waals surface area contributed by atoms with Crippen molar-refractivity contribution >= 4 is 17.9 Å². The largest absolute Gasteiger partial charge is 0.378 e. The van der Waals surface area contributed by atoms with Crippen LogP contribution in [0, 0.1) is 4.51 Å².